The van der Waals surface area contributed by atoms with Crippen molar-refractivity contribution in [2.75, 3.05) is 14.2 Å². The van der Waals surface area contributed by atoms with Crippen molar-refractivity contribution in [3.05, 3.63) is 52.3 Å². The van der Waals surface area contributed by atoms with Gasteiger partial charge in [0.05, 0.1) is 23.6 Å². The van der Waals surface area contributed by atoms with Gasteiger partial charge in [-0.1, -0.05) is 6.07 Å². The van der Waals surface area contributed by atoms with Gasteiger partial charge in [-0.25, -0.2) is 17.5 Å². The van der Waals surface area contributed by atoms with E-state index < -0.39 is 15.8 Å². The number of halogens is 2. The molecule has 0 aliphatic heterocycles. The summed E-state index contributed by atoms with van der Waals surface area (Å²) in [6, 6.07) is 8.61. The molecule has 0 atom stereocenters. The molecular formula is C15H15BrFNO4S. The lowest BCUT2D eigenvalue weighted by molar-refractivity contribution is 0.354. The van der Waals surface area contributed by atoms with E-state index in [1.807, 2.05) is 0 Å². The van der Waals surface area contributed by atoms with Crippen LogP contribution < -0.4 is 14.2 Å². The summed E-state index contributed by atoms with van der Waals surface area (Å²) < 4.78 is 50.8. The Bertz CT molecular complexity index is 811. The standard InChI is InChI=1S/C15H15BrFNO4S/c1-21-14-6-4-11(8-15(14)22-2)23(19,20)18-9-10-3-5-13(17)12(16)7-10/h3-8,18H,9H2,1-2H3. The maximum atomic E-state index is 13.2. The van der Waals surface area contributed by atoms with Gasteiger partial charge in [0.1, 0.15) is 5.82 Å². The van der Waals surface area contributed by atoms with E-state index >= 15 is 0 Å². The van der Waals surface area contributed by atoms with Crippen LogP contribution in [0.1, 0.15) is 5.56 Å². The van der Waals surface area contributed by atoms with Gasteiger partial charge >= 0.3 is 0 Å². The highest BCUT2D eigenvalue weighted by Crippen LogP contribution is 2.29. The van der Waals surface area contributed by atoms with Crippen molar-refractivity contribution in [2.45, 2.75) is 11.4 Å². The highest BCUT2D eigenvalue weighted by Gasteiger charge is 2.17. The lowest BCUT2D eigenvalue weighted by Crippen LogP contribution is -2.23. The molecule has 0 amide bonds. The maximum Gasteiger partial charge on any atom is 0.241 e. The van der Waals surface area contributed by atoms with E-state index in [9.17, 15) is 12.8 Å². The van der Waals surface area contributed by atoms with E-state index in [1.54, 1.807) is 0 Å². The number of sulfonamides is 1. The normalized spacial score (nSPS) is 11.3. The molecule has 0 aliphatic carbocycles. The van der Waals surface area contributed by atoms with Crippen LogP contribution in [0.25, 0.3) is 0 Å². The Morgan fingerprint density at radius 2 is 1.78 bits per heavy atom. The zero-order valence-electron chi connectivity index (χ0n) is 12.5. The van der Waals surface area contributed by atoms with Crippen LogP contribution in [0.3, 0.4) is 0 Å². The molecule has 124 valence electrons. The largest absolute Gasteiger partial charge is 0.493 e. The van der Waals surface area contributed by atoms with Crippen LogP contribution in [0.2, 0.25) is 0 Å². The van der Waals surface area contributed by atoms with Crippen LogP contribution in [0.5, 0.6) is 11.5 Å². The fourth-order valence-corrected chi connectivity index (χ4v) is 3.35. The smallest absolute Gasteiger partial charge is 0.241 e. The zero-order chi connectivity index (χ0) is 17.0. The van der Waals surface area contributed by atoms with Crippen molar-refractivity contribution in [1.82, 2.24) is 4.72 Å². The van der Waals surface area contributed by atoms with Gasteiger partial charge in [0, 0.05) is 12.6 Å². The molecule has 2 aromatic carbocycles. The molecule has 23 heavy (non-hydrogen) atoms. The first-order valence-corrected chi connectivity index (χ1v) is 8.80. The molecule has 0 fully saturated rings. The molecule has 0 aliphatic rings. The summed E-state index contributed by atoms with van der Waals surface area (Å²) in [6.45, 7) is 0.0373. The second kappa shape index (κ2) is 7.29. The summed E-state index contributed by atoms with van der Waals surface area (Å²) in [5.74, 6) is 0.352. The topological polar surface area (TPSA) is 64.6 Å². The Kier molecular flexibility index (Phi) is 5.61. The van der Waals surface area contributed by atoms with E-state index in [2.05, 4.69) is 20.7 Å². The minimum absolute atomic E-state index is 0.0373. The molecule has 8 heteroatoms. The lowest BCUT2D eigenvalue weighted by Gasteiger charge is -2.11. The van der Waals surface area contributed by atoms with Crippen LogP contribution in [0.15, 0.2) is 45.8 Å². The SMILES string of the molecule is COc1ccc(S(=O)(=O)NCc2ccc(F)c(Br)c2)cc1OC. The average molecular weight is 404 g/mol. The van der Waals surface area contributed by atoms with Crippen LogP contribution in [0, 0.1) is 5.82 Å². The van der Waals surface area contributed by atoms with E-state index in [4.69, 9.17) is 9.47 Å². The molecule has 0 spiro atoms. The predicted octanol–water partition coefficient (Wildman–Crippen LogP) is 3.08. The van der Waals surface area contributed by atoms with Gasteiger partial charge in [-0.3, -0.25) is 0 Å². The van der Waals surface area contributed by atoms with E-state index in [-0.39, 0.29) is 15.9 Å². The van der Waals surface area contributed by atoms with Gasteiger partial charge in [0.2, 0.25) is 10.0 Å². The van der Waals surface area contributed by atoms with Gasteiger partial charge in [-0.05, 0) is 45.8 Å². The Morgan fingerprint density at radius 1 is 1.09 bits per heavy atom. The molecule has 0 unspecified atom stereocenters. The van der Waals surface area contributed by atoms with Crippen molar-refractivity contribution in [3.63, 3.8) is 0 Å². The predicted molar refractivity (Wildman–Crippen MR) is 87.7 cm³/mol. The Morgan fingerprint density at radius 3 is 2.39 bits per heavy atom. The molecule has 0 bridgehead atoms. The summed E-state index contributed by atoms with van der Waals surface area (Å²) in [4.78, 5) is 0.0522. The van der Waals surface area contributed by atoms with Gasteiger partial charge in [0.25, 0.3) is 0 Å². The van der Waals surface area contributed by atoms with Crippen molar-refractivity contribution in [3.8, 4) is 11.5 Å². The van der Waals surface area contributed by atoms with Crippen LogP contribution in [-0.4, -0.2) is 22.6 Å². The van der Waals surface area contributed by atoms with Crippen molar-refractivity contribution in [1.29, 1.82) is 0 Å². The van der Waals surface area contributed by atoms with Crippen molar-refractivity contribution in [2.24, 2.45) is 0 Å². The van der Waals surface area contributed by atoms with E-state index in [0.717, 1.165) is 0 Å². The second-order valence-electron chi connectivity index (χ2n) is 4.59. The molecule has 5 nitrogen and oxygen atoms in total. The Balaban J connectivity index is 2.20. The zero-order valence-corrected chi connectivity index (χ0v) is 14.9. The number of rotatable bonds is 6. The Hall–Kier alpha value is -1.64. The summed E-state index contributed by atoms with van der Waals surface area (Å²) in [7, 11) is -0.836. The second-order valence-corrected chi connectivity index (χ2v) is 7.21. The molecule has 1 N–H and O–H groups in total. The third kappa shape index (κ3) is 4.21. The number of benzene rings is 2. The molecule has 0 heterocycles. The van der Waals surface area contributed by atoms with Gasteiger partial charge in [0.15, 0.2) is 11.5 Å². The third-order valence-electron chi connectivity index (χ3n) is 3.12. The molecule has 0 saturated heterocycles. The molecular weight excluding hydrogens is 389 g/mol. The molecule has 2 rings (SSSR count). The van der Waals surface area contributed by atoms with E-state index in [0.29, 0.717) is 17.1 Å². The monoisotopic (exact) mass is 403 g/mol. The number of hydrogen-bond acceptors (Lipinski definition) is 4. The van der Waals surface area contributed by atoms with Crippen molar-refractivity contribution < 1.29 is 22.3 Å². The van der Waals surface area contributed by atoms with Crippen LogP contribution in [-0.2, 0) is 16.6 Å². The highest BCUT2D eigenvalue weighted by atomic mass is 79.9. The lowest BCUT2D eigenvalue weighted by atomic mass is 10.2. The summed E-state index contributed by atoms with van der Waals surface area (Å²) in [5.41, 5.74) is 0.627. The fraction of sp³-hybridized carbons (Fsp3) is 0.200. The summed E-state index contributed by atoms with van der Waals surface area (Å²) in [5, 5.41) is 0. The third-order valence-corrected chi connectivity index (χ3v) is 5.12. The Labute approximate surface area is 142 Å². The summed E-state index contributed by atoms with van der Waals surface area (Å²) >= 11 is 3.06. The first-order chi connectivity index (χ1) is 10.9. The quantitative estimate of drug-likeness (QED) is 0.804. The highest BCUT2D eigenvalue weighted by molar-refractivity contribution is 9.10. The molecule has 0 saturated carbocycles. The fourth-order valence-electron chi connectivity index (χ4n) is 1.89. The minimum atomic E-state index is -3.73. The number of methoxy groups -OCH3 is 2. The maximum absolute atomic E-state index is 13.2. The molecule has 0 aromatic heterocycles. The number of hydrogen-bond donors (Lipinski definition) is 1. The van der Waals surface area contributed by atoms with E-state index in [1.165, 1.54) is 50.6 Å². The first kappa shape index (κ1) is 17.7. The van der Waals surface area contributed by atoms with Gasteiger partial charge < -0.3 is 9.47 Å². The number of ether oxygens (including phenoxy) is 2. The molecule has 2 aromatic rings. The van der Waals surface area contributed by atoms with Crippen molar-refractivity contribution >= 4 is 26.0 Å². The average Bonchev–Trinajstić information content (AvgIpc) is 2.55. The first-order valence-electron chi connectivity index (χ1n) is 6.53. The van der Waals surface area contributed by atoms with Crippen LogP contribution in [0.4, 0.5) is 4.39 Å². The number of nitrogens with one attached hydrogen (secondary N) is 1. The van der Waals surface area contributed by atoms with Gasteiger partial charge in [-0.15, -0.1) is 0 Å². The minimum Gasteiger partial charge on any atom is -0.493 e. The summed E-state index contributed by atoms with van der Waals surface area (Å²) in [6.07, 6.45) is 0. The molecule has 0 radical (unpaired) electrons. The van der Waals surface area contributed by atoms with Crippen LogP contribution >= 0.6 is 15.9 Å². The van der Waals surface area contributed by atoms with Gasteiger partial charge in [-0.2, -0.15) is 0 Å².